The van der Waals surface area contributed by atoms with Crippen molar-refractivity contribution in [2.75, 3.05) is 20.2 Å². The van der Waals surface area contributed by atoms with E-state index >= 15 is 0 Å². The summed E-state index contributed by atoms with van der Waals surface area (Å²) < 4.78 is 5.78. The molecule has 0 bridgehead atoms. The second kappa shape index (κ2) is 9.29. The summed E-state index contributed by atoms with van der Waals surface area (Å²) in [6.45, 7) is 1.21. The predicted octanol–water partition coefficient (Wildman–Crippen LogP) is 3.70. The second-order valence-electron chi connectivity index (χ2n) is 9.19. The first-order chi connectivity index (χ1) is 14.9. The Labute approximate surface area is 188 Å². The maximum Gasteiger partial charge on any atom is 0.241 e. The minimum Gasteiger partial charge on any atom is -0.376 e. The molecule has 168 valence electrons. The Hall–Kier alpha value is -1.92. The number of carbonyl (C=O) groups is 3. The highest BCUT2D eigenvalue weighted by Gasteiger charge is 2.56. The van der Waals surface area contributed by atoms with Crippen LogP contribution in [0.4, 0.5) is 0 Å². The van der Waals surface area contributed by atoms with Gasteiger partial charge in [-0.25, -0.2) is 0 Å². The number of rotatable bonds is 6. The van der Waals surface area contributed by atoms with E-state index in [9.17, 15) is 14.4 Å². The van der Waals surface area contributed by atoms with Crippen molar-refractivity contribution >= 4 is 29.3 Å². The van der Waals surface area contributed by atoms with E-state index in [4.69, 9.17) is 16.3 Å². The van der Waals surface area contributed by atoms with Crippen LogP contribution in [0.15, 0.2) is 24.3 Å². The van der Waals surface area contributed by atoms with Crippen LogP contribution < -0.4 is 0 Å². The van der Waals surface area contributed by atoms with E-state index in [1.807, 2.05) is 6.07 Å². The number of likely N-dealkylation sites (N-methyl/N-ethyl adjacent to an activating group) is 1. The lowest BCUT2D eigenvalue weighted by atomic mass is 9.75. The van der Waals surface area contributed by atoms with E-state index in [0.717, 1.165) is 51.6 Å². The molecule has 0 aromatic heterocycles. The molecule has 3 amide bonds. The van der Waals surface area contributed by atoms with Gasteiger partial charge in [0, 0.05) is 44.1 Å². The number of amides is 3. The largest absolute Gasteiger partial charge is 0.376 e. The van der Waals surface area contributed by atoms with Gasteiger partial charge in [-0.2, -0.15) is 0 Å². The molecule has 2 aliphatic heterocycles. The number of imide groups is 1. The lowest BCUT2D eigenvalue weighted by Gasteiger charge is -2.32. The molecule has 2 atom stereocenters. The Morgan fingerprint density at radius 1 is 1.16 bits per heavy atom. The van der Waals surface area contributed by atoms with Crippen LogP contribution in [-0.4, -0.2) is 59.9 Å². The van der Waals surface area contributed by atoms with Gasteiger partial charge in [-0.05, 0) is 43.7 Å². The number of nitrogens with zero attached hydrogens (tertiary/aromatic N) is 2. The van der Waals surface area contributed by atoms with Crippen LogP contribution in [0.5, 0.6) is 0 Å². The van der Waals surface area contributed by atoms with Crippen LogP contribution in [0.1, 0.15) is 63.4 Å². The molecule has 7 heteroatoms. The molecule has 31 heavy (non-hydrogen) atoms. The van der Waals surface area contributed by atoms with Gasteiger partial charge >= 0.3 is 0 Å². The fourth-order valence-electron chi connectivity index (χ4n) is 5.34. The maximum atomic E-state index is 13.8. The van der Waals surface area contributed by atoms with E-state index in [0.29, 0.717) is 17.1 Å². The van der Waals surface area contributed by atoms with E-state index in [1.54, 1.807) is 30.1 Å². The van der Waals surface area contributed by atoms with Crippen LogP contribution in [0.3, 0.4) is 0 Å². The van der Waals surface area contributed by atoms with Crippen LogP contribution in [0, 0.1) is 0 Å². The first kappa shape index (κ1) is 22.3. The van der Waals surface area contributed by atoms with Crippen LogP contribution in [0.2, 0.25) is 5.02 Å². The number of likely N-dealkylation sites (tertiary alicyclic amines) is 1. The van der Waals surface area contributed by atoms with Gasteiger partial charge in [0.25, 0.3) is 0 Å². The molecule has 3 fully saturated rings. The molecule has 2 saturated heterocycles. The normalized spacial score (nSPS) is 27.2. The van der Waals surface area contributed by atoms with Gasteiger partial charge in [0.05, 0.1) is 11.5 Å². The van der Waals surface area contributed by atoms with E-state index in [-0.39, 0.29) is 42.7 Å². The van der Waals surface area contributed by atoms with Crippen LogP contribution in [-0.2, 0) is 24.5 Å². The van der Waals surface area contributed by atoms with Crippen molar-refractivity contribution in [2.24, 2.45) is 0 Å². The summed E-state index contributed by atoms with van der Waals surface area (Å²) >= 11 is 6.51. The molecular formula is C24H31ClN2O4. The molecule has 6 nitrogen and oxygen atoms in total. The molecule has 0 unspecified atom stereocenters. The Kier molecular flexibility index (Phi) is 6.68. The van der Waals surface area contributed by atoms with Crippen molar-refractivity contribution in [3.8, 4) is 0 Å². The van der Waals surface area contributed by atoms with Crippen molar-refractivity contribution in [1.82, 2.24) is 9.80 Å². The Bertz CT molecular complexity index is 848. The standard InChI is InChI=1S/C24H31ClN2O4/c1-26(16-18-10-6-7-13-31-18)21(28)14-24(19-11-4-5-12-20(19)25)15-22(29)27(23(24)30)17-8-2-3-9-17/h4-5,11-12,17-18H,2-3,6-10,13-16H2,1H3/t18-,24+/m1/s1. The molecule has 2 heterocycles. The average Bonchev–Trinajstić information content (AvgIpc) is 3.36. The van der Waals surface area contributed by atoms with Crippen LogP contribution in [0.25, 0.3) is 0 Å². The van der Waals surface area contributed by atoms with Gasteiger partial charge in [0.15, 0.2) is 0 Å². The lowest BCUT2D eigenvalue weighted by Crippen LogP contribution is -2.46. The number of halogens is 1. The number of carbonyl (C=O) groups excluding carboxylic acids is 3. The zero-order valence-corrected chi connectivity index (χ0v) is 18.9. The summed E-state index contributed by atoms with van der Waals surface area (Å²) in [5.41, 5.74) is -0.664. The van der Waals surface area contributed by atoms with Crippen molar-refractivity contribution in [1.29, 1.82) is 0 Å². The number of hydrogen-bond acceptors (Lipinski definition) is 4. The van der Waals surface area contributed by atoms with Crippen molar-refractivity contribution < 1.29 is 19.1 Å². The fourth-order valence-corrected chi connectivity index (χ4v) is 5.66. The third kappa shape index (κ3) is 4.37. The highest BCUT2D eigenvalue weighted by atomic mass is 35.5. The quantitative estimate of drug-likeness (QED) is 0.625. The zero-order chi connectivity index (χ0) is 22.0. The summed E-state index contributed by atoms with van der Waals surface area (Å²) in [6, 6.07) is 7.04. The summed E-state index contributed by atoms with van der Waals surface area (Å²) in [4.78, 5) is 43.2. The van der Waals surface area contributed by atoms with Crippen molar-refractivity contribution in [2.45, 2.75) is 75.3 Å². The Morgan fingerprint density at radius 3 is 2.55 bits per heavy atom. The van der Waals surface area contributed by atoms with E-state index in [1.165, 1.54) is 4.90 Å². The third-order valence-electron chi connectivity index (χ3n) is 7.06. The molecule has 1 saturated carbocycles. The minimum atomic E-state index is -1.24. The van der Waals surface area contributed by atoms with Gasteiger partial charge in [0.2, 0.25) is 17.7 Å². The molecule has 1 aliphatic carbocycles. The second-order valence-corrected chi connectivity index (χ2v) is 9.59. The highest BCUT2D eigenvalue weighted by molar-refractivity contribution is 6.32. The molecule has 3 aliphatic rings. The molecule has 0 N–H and O–H groups in total. The topological polar surface area (TPSA) is 66.9 Å². The molecular weight excluding hydrogens is 416 g/mol. The molecule has 0 radical (unpaired) electrons. The number of hydrogen-bond donors (Lipinski definition) is 0. The van der Waals surface area contributed by atoms with E-state index < -0.39 is 5.41 Å². The molecule has 0 spiro atoms. The summed E-state index contributed by atoms with van der Waals surface area (Å²) in [7, 11) is 1.75. The zero-order valence-electron chi connectivity index (χ0n) is 18.1. The highest BCUT2D eigenvalue weighted by Crippen LogP contribution is 2.45. The maximum absolute atomic E-state index is 13.8. The smallest absolute Gasteiger partial charge is 0.241 e. The molecule has 4 rings (SSSR count). The molecule has 1 aromatic carbocycles. The lowest BCUT2D eigenvalue weighted by molar-refractivity contribution is -0.144. The fraction of sp³-hybridized carbons (Fsp3) is 0.625. The molecule has 1 aromatic rings. The van der Waals surface area contributed by atoms with Gasteiger partial charge in [-0.15, -0.1) is 0 Å². The monoisotopic (exact) mass is 446 g/mol. The SMILES string of the molecule is CN(C[C@H]1CCCCO1)C(=O)C[C@@]1(c2ccccc2Cl)CC(=O)N(C2CCCC2)C1=O. The number of benzene rings is 1. The Balaban J connectivity index is 1.61. The average molecular weight is 447 g/mol. The van der Waals surface area contributed by atoms with Crippen molar-refractivity contribution in [3.63, 3.8) is 0 Å². The summed E-state index contributed by atoms with van der Waals surface area (Å²) in [6.07, 6.45) is 6.74. The summed E-state index contributed by atoms with van der Waals surface area (Å²) in [5.74, 6) is -0.625. The number of ether oxygens (including phenoxy) is 1. The minimum absolute atomic E-state index is 0.00836. The third-order valence-corrected chi connectivity index (χ3v) is 7.39. The van der Waals surface area contributed by atoms with Gasteiger partial charge in [-0.3, -0.25) is 19.3 Å². The van der Waals surface area contributed by atoms with Gasteiger partial charge < -0.3 is 9.64 Å². The van der Waals surface area contributed by atoms with Crippen LogP contribution >= 0.6 is 11.6 Å². The first-order valence-electron chi connectivity index (χ1n) is 11.4. The Morgan fingerprint density at radius 2 is 1.87 bits per heavy atom. The van der Waals surface area contributed by atoms with Crippen molar-refractivity contribution in [3.05, 3.63) is 34.9 Å². The van der Waals surface area contributed by atoms with Gasteiger partial charge in [0.1, 0.15) is 0 Å². The first-order valence-corrected chi connectivity index (χ1v) is 11.8. The predicted molar refractivity (Wildman–Crippen MR) is 118 cm³/mol. The summed E-state index contributed by atoms with van der Waals surface area (Å²) in [5, 5.41) is 0.419. The van der Waals surface area contributed by atoms with E-state index in [2.05, 4.69) is 0 Å². The van der Waals surface area contributed by atoms with Gasteiger partial charge in [-0.1, -0.05) is 42.6 Å².